The smallest absolute Gasteiger partial charge is 0.320 e. The Morgan fingerprint density at radius 3 is 2.72 bits per heavy atom. The van der Waals surface area contributed by atoms with Crippen LogP contribution in [0.2, 0.25) is 0 Å². The number of carboxylic acid groups (broad SMARTS) is 1. The SMILES string of the molecule is COc1ccc(C(c2csc3ccccc23)N2CCCCC2C(=O)O)c(OC)c1. The fourth-order valence-electron chi connectivity index (χ4n) is 4.31. The van der Waals surface area contributed by atoms with E-state index in [9.17, 15) is 9.90 Å². The van der Waals surface area contributed by atoms with Crippen LogP contribution in [-0.2, 0) is 4.79 Å². The first kappa shape index (κ1) is 19.7. The average molecular weight is 412 g/mol. The highest BCUT2D eigenvalue weighted by Crippen LogP contribution is 2.43. The third kappa shape index (κ3) is 3.70. The molecule has 0 amide bonds. The van der Waals surface area contributed by atoms with Crippen molar-refractivity contribution < 1.29 is 19.4 Å². The van der Waals surface area contributed by atoms with Crippen LogP contribution in [0.3, 0.4) is 0 Å². The second-order valence-corrected chi connectivity index (χ2v) is 8.20. The van der Waals surface area contributed by atoms with Gasteiger partial charge in [-0.3, -0.25) is 9.69 Å². The van der Waals surface area contributed by atoms with Gasteiger partial charge in [0.15, 0.2) is 0 Å². The van der Waals surface area contributed by atoms with E-state index in [-0.39, 0.29) is 6.04 Å². The Bertz CT molecular complexity index is 1020. The maximum atomic E-state index is 12.1. The number of ether oxygens (including phenoxy) is 2. The number of hydrogen-bond acceptors (Lipinski definition) is 5. The fraction of sp³-hybridized carbons (Fsp3) is 0.348. The van der Waals surface area contributed by atoms with Gasteiger partial charge in [0.05, 0.1) is 20.3 Å². The van der Waals surface area contributed by atoms with Crippen molar-refractivity contribution in [2.24, 2.45) is 0 Å². The number of fused-ring (bicyclic) bond motifs is 1. The highest BCUT2D eigenvalue weighted by atomic mass is 32.1. The molecule has 1 saturated heterocycles. The highest BCUT2D eigenvalue weighted by molar-refractivity contribution is 7.17. The summed E-state index contributed by atoms with van der Waals surface area (Å²) in [5, 5.41) is 13.3. The molecule has 2 unspecified atom stereocenters. The summed E-state index contributed by atoms with van der Waals surface area (Å²) in [5.41, 5.74) is 2.09. The number of benzene rings is 2. The molecule has 0 radical (unpaired) electrons. The first-order valence-corrected chi connectivity index (χ1v) is 10.7. The number of hydrogen-bond donors (Lipinski definition) is 1. The quantitative estimate of drug-likeness (QED) is 0.622. The summed E-state index contributed by atoms with van der Waals surface area (Å²) in [4.78, 5) is 14.2. The molecule has 0 saturated carbocycles. The molecule has 1 fully saturated rings. The molecule has 6 heteroatoms. The Labute approximate surface area is 174 Å². The largest absolute Gasteiger partial charge is 0.497 e. The van der Waals surface area contributed by atoms with Gasteiger partial charge >= 0.3 is 5.97 Å². The van der Waals surface area contributed by atoms with Crippen LogP contribution < -0.4 is 9.47 Å². The molecule has 2 heterocycles. The van der Waals surface area contributed by atoms with Gasteiger partial charge in [-0.1, -0.05) is 24.6 Å². The predicted octanol–water partition coefficient (Wildman–Crippen LogP) is 4.95. The van der Waals surface area contributed by atoms with Crippen LogP contribution in [0.25, 0.3) is 10.1 Å². The van der Waals surface area contributed by atoms with Crippen molar-refractivity contribution in [1.29, 1.82) is 0 Å². The molecule has 29 heavy (non-hydrogen) atoms. The monoisotopic (exact) mass is 411 g/mol. The lowest BCUT2D eigenvalue weighted by atomic mass is 9.91. The van der Waals surface area contributed by atoms with Crippen molar-refractivity contribution in [2.45, 2.75) is 31.3 Å². The number of thiophene rings is 1. The molecule has 1 aliphatic heterocycles. The zero-order valence-corrected chi connectivity index (χ0v) is 17.4. The van der Waals surface area contributed by atoms with Gasteiger partial charge in [-0.2, -0.15) is 0 Å². The Kier molecular flexibility index (Phi) is 5.74. The number of rotatable bonds is 6. The molecule has 5 nitrogen and oxygen atoms in total. The van der Waals surface area contributed by atoms with Crippen molar-refractivity contribution >= 4 is 27.4 Å². The number of methoxy groups -OCH3 is 2. The van der Waals surface area contributed by atoms with Crippen LogP contribution in [0.5, 0.6) is 11.5 Å². The zero-order chi connectivity index (χ0) is 20.4. The molecule has 2 aromatic carbocycles. The molecule has 0 spiro atoms. The number of likely N-dealkylation sites (tertiary alicyclic amines) is 1. The van der Waals surface area contributed by atoms with Crippen molar-refractivity contribution in [2.75, 3.05) is 20.8 Å². The molecule has 0 aliphatic carbocycles. The van der Waals surface area contributed by atoms with Gasteiger partial charge in [0.25, 0.3) is 0 Å². The van der Waals surface area contributed by atoms with Gasteiger partial charge in [-0.15, -0.1) is 11.3 Å². The van der Waals surface area contributed by atoms with E-state index < -0.39 is 12.0 Å². The normalized spacial score (nSPS) is 18.5. The summed E-state index contributed by atoms with van der Waals surface area (Å²) in [6, 6.07) is 13.4. The topological polar surface area (TPSA) is 59.0 Å². The minimum atomic E-state index is -0.762. The molecule has 0 bridgehead atoms. The third-order valence-electron chi connectivity index (χ3n) is 5.70. The molecule has 1 aromatic heterocycles. The average Bonchev–Trinajstić information content (AvgIpc) is 3.18. The highest BCUT2D eigenvalue weighted by Gasteiger charge is 2.37. The van der Waals surface area contributed by atoms with Crippen molar-refractivity contribution in [1.82, 2.24) is 4.90 Å². The van der Waals surface area contributed by atoms with E-state index in [0.29, 0.717) is 17.9 Å². The van der Waals surface area contributed by atoms with Crippen molar-refractivity contribution in [3.8, 4) is 11.5 Å². The number of nitrogens with zero attached hydrogens (tertiary/aromatic N) is 1. The maximum absolute atomic E-state index is 12.1. The summed E-state index contributed by atoms with van der Waals surface area (Å²) < 4.78 is 12.3. The summed E-state index contributed by atoms with van der Waals surface area (Å²) in [6.45, 7) is 0.737. The van der Waals surface area contributed by atoms with Gasteiger partial charge in [-0.25, -0.2) is 0 Å². The molecule has 3 aromatic rings. The Balaban J connectivity index is 1.91. The lowest BCUT2D eigenvalue weighted by Gasteiger charge is -2.39. The van der Waals surface area contributed by atoms with Crippen molar-refractivity contribution in [3.05, 3.63) is 59.0 Å². The van der Waals surface area contributed by atoms with Crippen LogP contribution in [0.4, 0.5) is 0 Å². The molecule has 4 rings (SSSR count). The zero-order valence-electron chi connectivity index (χ0n) is 16.6. The Morgan fingerprint density at radius 2 is 1.97 bits per heavy atom. The molecule has 1 N–H and O–H groups in total. The standard InChI is InChI=1S/C23H25NO4S/c1-27-15-10-11-17(20(13-15)28-2)22(24-12-6-5-8-19(24)23(25)26)18-14-29-21-9-4-3-7-16(18)21/h3-4,7,9-11,13-14,19,22H,5-6,8,12H2,1-2H3,(H,25,26). The van der Waals surface area contributed by atoms with Crippen LogP contribution >= 0.6 is 11.3 Å². The number of carbonyl (C=O) groups is 1. The third-order valence-corrected chi connectivity index (χ3v) is 6.68. The Morgan fingerprint density at radius 1 is 1.14 bits per heavy atom. The molecular formula is C23H25NO4S. The number of carboxylic acids is 1. The number of piperidine rings is 1. The minimum absolute atomic E-state index is 0.201. The Hall–Kier alpha value is -2.57. The van der Waals surface area contributed by atoms with Gasteiger partial charge in [0.2, 0.25) is 0 Å². The number of aliphatic carboxylic acids is 1. The maximum Gasteiger partial charge on any atom is 0.320 e. The lowest BCUT2D eigenvalue weighted by Crippen LogP contribution is -2.46. The second kappa shape index (κ2) is 8.43. The summed E-state index contributed by atoms with van der Waals surface area (Å²) >= 11 is 1.69. The molecule has 2 atom stereocenters. The molecule has 152 valence electrons. The molecule has 1 aliphatic rings. The van der Waals surface area contributed by atoms with E-state index in [2.05, 4.69) is 22.4 Å². The van der Waals surface area contributed by atoms with Crippen LogP contribution in [0.1, 0.15) is 36.4 Å². The first-order valence-electron chi connectivity index (χ1n) is 9.80. The predicted molar refractivity (Wildman–Crippen MR) is 115 cm³/mol. The van der Waals surface area contributed by atoms with E-state index in [4.69, 9.17) is 9.47 Å². The van der Waals surface area contributed by atoms with E-state index in [1.54, 1.807) is 25.6 Å². The van der Waals surface area contributed by atoms with Gasteiger partial charge < -0.3 is 14.6 Å². The van der Waals surface area contributed by atoms with E-state index >= 15 is 0 Å². The van der Waals surface area contributed by atoms with Gasteiger partial charge in [0.1, 0.15) is 17.5 Å². The van der Waals surface area contributed by atoms with E-state index in [0.717, 1.165) is 35.9 Å². The summed E-state index contributed by atoms with van der Waals surface area (Å²) in [5.74, 6) is 0.661. The minimum Gasteiger partial charge on any atom is -0.497 e. The fourth-order valence-corrected chi connectivity index (χ4v) is 5.29. The summed E-state index contributed by atoms with van der Waals surface area (Å²) in [6.07, 6.45) is 2.58. The van der Waals surface area contributed by atoms with Crippen molar-refractivity contribution in [3.63, 3.8) is 0 Å². The van der Waals surface area contributed by atoms with Gasteiger partial charge in [-0.05, 0) is 53.9 Å². The first-order chi connectivity index (χ1) is 14.1. The summed E-state index contributed by atoms with van der Waals surface area (Å²) in [7, 11) is 3.27. The van der Waals surface area contributed by atoms with E-state index in [1.165, 1.54) is 4.70 Å². The van der Waals surface area contributed by atoms with Crippen LogP contribution in [0.15, 0.2) is 47.8 Å². The van der Waals surface area contributed by atoms with Gasteiger partial charge in [0, 0.05) is 16.3 Å². The lowest BCUT2D eigenvalue weighted by molar-refractivity contribution is -0.145. The molecular weight excluding hydrogens is 386 g/mol. The van der Waals surface area contributed by atoms with E-state index in [1.807, 2.05) is 30.3 Å². The van der Waals surface area contributed by atoms with Crippen LogP contribution in [-0.4, -0.2) is 42.8 Å². The van der Waals surface area contributed by atoms with Crippen LogP contribution in [0, 0.1) is 0 Å². The second-order valence-electron chi connectivity index (χ2n) is 7.29.